The van der Waals surface area contributed by atoms with Crippen LogP contribution in [-0.4, -0.2) is 15.0 Å². The Bertz CT molecular complexity index is 3460. The highest BCUT2D eigenvalue weighted by Crippen LogP contribution is 2.39. The molecule has 4 nitrogen and oxygen atoms in total. The van der Waals surface area contributed by atoms with Crippen LogP contribution in [0.1, 0.15) is 23.3 Å². The molecule has 4 heteroatoms. The Morgan fingerprint density at radius 2 is 1.12 bits per heavy atom. The summed E-state index contributed by atoms with van der Waals surface area (Å²) in [7, 11) is 0. The summed E-state index contributed by atoms with van der Waals surface area (Å²) in [5.74, 6) is -0.954. The second kappa shape index (κ2) is 9.33. The van der Waals surface area contributed by atoms with Gasteiger partial charge in [0.15, 0.2) is 17.5 Å². The van der Waals surface area contributed by atoms with Crippen LogP contribution in [0.25, 0.3) is 88.4 Å². The second-order valence-electron chi connectivity index (χ2n) is 9.51. The minimum absolute atomic E-state index is 0.111. The lowest BCUT2D eigenvalue weighted by Crippen LogP contribution is -2.01. The molecule has 0 fully saturated rings. The molecule has 7 aromatic carbocycles. The van der Waals surface area contributed by atoms with Gasteiger partial charge in [-0.3, -0.25) is 0 Å². The second-order valence-corrected chi connectivity index (χ2v) is 9.51. The fourth-order valence-corrected chi connectivity index (χ4v) is 5.16. The van der Waals surface area contributed by atoms with Gasteiger partial charge in [-0.25, -0.2) is 15.0 Å². The minimum atomic E-state index is -0.726. The van der Waals surface area contributed by atoms with E-state index >= 15 is 0 Å². The third-order valence-corrected chi connectivity index (χ3v) is 7.07. The number of para-hydroxylation sites is 1. The summed E-state index contributed by atoms with van der Waals surface area (Å²) in [5, 5.41) is -1.87. The molecule has 0 saturated heterocycles. The number of hydrogen-bond acceptors (Lipinski definition) is 4. The third-order valence-electron chi connectivity index (χ3n) is 7.07. The number of nitrogens with zero attached hydrogens (tertiary/aromatic N) is 3. The normalized spacial score (nSPS) is 17.3. The molecule has 43 heavy (non-hydrogen) atoms. The topological polar surface area (TPSA) is 51.8 Å². The molecule has 0 amide bonds. The zero-order valence-corrected chi connectivity index (χ0v) is 21.7. The van der Waals surface area contributed by atoms with Gasteiger partial charge in [0.1, 0.15) is 11.2 Å². The predicted molar refractivity (Wildman–Crippen MR) is 176 cm³/mol. The molecule has 2 aromatic heterocycles. The molecule has 9 rings (SSSR count). The Morgan fingerprint density at radius 1 is 0.442 bits per heavy atom. The molecule has 2 heterocycles. The summed E-state index contributed by atoms with van der Waals surface area (Å²) < 4.78 is 155. The first-order valence-electron chi connectivity index (χ1n) is 21.5. The lowest BCUT2D eigenvalue weighted by molar-refractivity contribution is 0.669. The molecule has 0 aliphatic carbocycles. The van der Waals surface area contributed by atoms with Crippen LogP contribution in [0.3, 0.4) is 0 Å². The lowest BCUT2D eigenvalue weighted by Gasteiger charge is -2.13. The van der Waals surface area contributed by atoms with Crippen LogP contribution in [-0.2, 0) is 0 Å². The van der Waals surface area contributed by atoms with Crippen LogP contribution in [0.2, 0.25) is 0 Å². The van der Waals surface area contributed by atoms with Crippen molar-refractivity contribution in [3.05, 3.63) is 139 Å². The lowest BCUT2D eigenvalue weighted by atomic mass is 9.94. The van der Waals surface area contributed by atoms with Crippen molar-refractivity contribution >= 4 is 54.3 Å². The first kappa shape index (κ1) is 12.6. The summed E-state index contributed by atoms with van der Waals surface area (Å²) >= 11 is 0. The zero-order chi connectivity index (χ0) is 43.1. The molecule has 0 bridgehead atoms. The Labute approximate surface area is 270 Å². The Morgan fingerprint density at radius 3 is 2.05 bits per heavy atom. The predicted octanol–water partition coefficient (Wildman–Crippen LogP) is 10.2. The maximum Gasteiger partial charge on any atom is 0.164 e. The summed E-state index contributed by atoms with van der Waals surface area (Å²) in [6.45, 7) is 0. The number of benzene rings is 7. The van der Waals surface area contributed by atoms with E-state index in [-0.39, 0.29) is 71.2 Å². The molecule has 0 aliphatic heterocycles. The SMILES string of the molecule is [2H]c1cc2c([2H])c([2H])c3c([2H])c([2H])c4c(-c5nc(-c6ccccc6)nc(-c6c([2H])c([2H])c([2H])c7oc8c([2H])c([2H])c([2H])c([2H])c8c67)n5)c([2H])c([2H])c([2H])c4c3c2c([2H])c1[2H]. The number of furan rings is 1. The molecule has 0 unspecified atom stereocenters. The summed E-state index contributed by atoms with van der Waals surface area (Å²) in [4.78, 5) is 13.9. The maximum atomic E-state index is 9.30. The highest BCUT2D eigenvalue weighted by Gasteiger charge is 2.19. The minimum Gasteiger partial charge on any atom is -0.456 e. The van der Waals surface area contributed by atoms with Gasteiger partial charge in [-0.05, 0) is 44.4 Å². The smallest absolute Gasteiger partial charge is 0.164 e. The summed E-state index contributed by atoms with van der Waals surface area (Å²) in [6.07, 6.45) is 0. The molecule has 0 aliphatic rings. The quantitative estimate of drug-likeness (QED) is 0.200. The van der Waals surface area contributed by atoms with Crippen molar-refractivity contribution in [1.82, 2.24) is 15.0 Å². The summed E-state index contributed by atoms with van der Waals surface area (Å²) in [5.41, 5.74) is -1.07. The van der Waals surface area contributed by atoms with Gasteiger partial charge in [0.05, 0.1) is 23.3 Å². The number of fused-ring (bicyclic) bond motifs is 8. The molecular formula is C39H23N3O. The average Bonchev–Trinajstić information content (AvgIpc) is 3.64. The molecule has 0 saturated carbocycles. The van der Waals surface area contributed by atoms with Crippen LogP contribution in [0, 0.1) is 0 Å². The molecule has 0 N–H and O–H groups in total. The van der Waals surface area contributed by atoms with Crippen molar-refractivity contribution in [2.75, 3.05) is 0 Å². The van der Waals surface area contributed by atoms with Gasteiger partial charge in [-0.15, -0.1) is 0 Å². The van der Waals surface area contributed by atoms with Crippen molar-refractivity contribution in [3.63, 3.8) is 0 Å². The van der Waals surface area contributed by atoms with Gasteiger partial charge in [0, 0.05) is 27.5 Å². The highest BCUT2D eigenvalue weighted by molar-refractivity contribution is 6.22. The number of aromatic nitrogens is 3. The molecule has 200 valence electrons. The average molecular weight is 567 g/mol. The molecule has 0 radical (unpaired) electrons. The van der Waals surface area contributed by atoms with Crippen LogP contribution in [0.15, 0.2) is 144 Å². The molecular weight excluding hydrogens is 526 g/mol. The van der Waals surface area contributed by atoms with E-state index in [1.54, 1.807) is 30.3 Å². The zero-order valence-electron chi connectivity index (χ0n) is 38.7. The van der Waals surface area contributed by atoms with E-state index in [0.29, 0.717) is 5.56 Å². The van der Waals surface area contributed by atoms with E-state index in [9.17, 15) is 2.74 Å². The number of rotatable bonds is 3. The van der Waals surface area contributed by atoms with E-state index in [0.717, 1.165) is 6.07 Å². The summed E-state index contributed by atoms with van der Waals surface area (Å²) in [6, 6.07) is -0.875. The van der Waals surface area contributed by atoms with Crippen molar-refractivity contribution in [2.24, 2.45) is 0 Å². The van der Waals surface area contributed by atoms with Gasteiger partial charge in [0.25, 0.3) is 0 Å². The fraction of sp³-hybridized carbons (Fsp3) is 0. The molecule has 0 spiro atoms. The highest BCUT2D eigenvalue weighted by atomic mass is 16.3. The van der Waals surface area contributed by atoms with Crippen LogP contribution in [0.4, 0.5) is 0 Å². The largest absolute Gasteiger partial charge is 0.456 e. The van der Waals surface area contributed by atoms with E-state index in [1.807, 2.05) is 0 Å². The molecule has 0 atom stereocenters. The van der Waals surface area contributed by atoms with E-state index < -0.39 is 114 Å². The van der Waals surface area contributed by atoms with Crippen LogP contribution in [0.5, 0.6) is 0 Å². The van der Waals surface area contributed by atoms with E-state index in [2.05, 4.69) is 15.0 Å². The van der Waals surface area contributed by atoms with Gasteiger partial charge >= 0.3 is 0 Å². The Kier molecular flexibility index (Phi) is 2.72. The van der Waals surface area contributed by atoms with E-state index in [1.165, 1.54) is 0 Å². The van der Waals surface area contributed by atoms with Crippen LogP contribution < -0.4 is 0 Å². The van der Waals surface area contributed by atoms with Gasteiger partial charge < -0.3 is 4.42 Å². The standard InChI is InChI=1S/C39H23N3O/c1-2-11-26(12-3-1)37-40-38(42-39(41-37)32-17-9-19-34-36(32)31-14-6-7-18-33(31)43-34)30-16-8-15-29-28(30)23-22-25-21-20-24-10-4-5-13-27(24)35(25)29/h1-23H/i4D,5D,6D,7D,8D,9D,13D,14D,15D,16D,17D,18D,19D,20D,21D,22D,23D. The first-order valence-corrected chi connectivity index (χ1v) is 13.0. The first-order chi connectivity index (χ1) is 28.4. The van der Waals surface area contributed by atoms with Crippen LogP contribution >= 0.6 is 0 Å². The Balaban J connectivity index is 1.52. The van der Waals surface area contributed by atoms with Gasteiger partial charge in [0.2, 0.25) is 0 Å². The monoisotopic (exact) mass is 566 g/mol. The third kappa shape index (κ3) is 3.74. The van der Waals surface area contributed by atoms with Crippen molar-refractivity contribution in [2.45, 2.75) is 0 Å². The Hall–Kier alpha value is -5.87. The van der Waals surface area contributed by atoms with Gasteiger partial charge in [-0.1, -0.05) is 127 Å². The number of hydrogen-bond donors (Lipinski definition) is 0. The van der Waals surface area contributed by atoms with E-state index in [4.69, 9.17) is 25.0 Å². The fourth-order valence-electron chi connectivity index (χ4n) is 5.16. The van der Waals surface area contributed by atoms with Gasteiger partial charge in [-0.2, -0.15) is 0 Å². The maximum absolute atomic E-state index is 9.30. The van der Waals surface area contributed by atoms with Crippen molar-refractivity contribution in [1.29, 1.82) is 0 Å². The van der Waals surface area contributed by atoms with Crippen molar-refractivity contribution < 1.29 is 27.7 Å². The van der Waals surface area contributed by atoms with Crippen molar-refractivity contribution in [3.8, 4) is 34.2 Å². The molecule has 9 aromatic rings.